The Morgan fingerprint density at radius 1 is 1.20 bits per heavy atom. The third kappa shape index (κ3) is 5.02. The first kappa shape index (κ1) is 19.9. The zero-order chi connectivity index (χ0) is 18.6. The number of thiophene rings is 1. The van der Waals surface area contributed by atoms with Gasteiger partial charge < -0.3 is 10.0 Å². The lowest BCUT2D eigenvalue weighted by atomic mass is 9.98. The minimum atomic E-state index is -3.30. The van der Waals surface area contributed by atoms with E-state index in [1.807, 2.05) is 17.5 Å². The molecule has 1 atom stereocenters. The number of sulfonamides is 1. The molecule has 1 saturated heterocycles. The molecule has 25 heavy (non-hydrogen) atoms. The molecule has 0 aliphatic carbocycles. The quantitative estimate of drug-likeness (QED) is 0.765. The highest BCUT2D eigenvalue weighted by atomic mass is 32.2. The van der Waals surface area contributed by atoms with E-state index in [9.17, 15) is 18.0 Å². The summed E-state index contributed by atoms with van der Waals surface area (Å²) in [4.78, 5) is 26.2. The zero-order valence-electron chi connectivity index (χ0n) is 14.4. The van der Waals surface area contributed by atoms with Crippen molar-refractivity contribution < 1.29 is 23.1 Å². The van der Waals surface area contributed by atoms with Gasteiger partial charge in [-0.15, -0.1) is 11.3 Å². The molecule has 1 unspecified atom stereocenters. The SMILES string of the molecule is CC(C)S(=O)(=O)N1CCN(C(=O)CC(CC(=O)O)c2cccs2)CC1. The average Bonchev–Trinajstić information content (AvgIpc) is 3.08. The van der Waals surface area contributed by atoms with Gasteiger partial charge >= 0.3 is 5.97 Å². The van der Waals surface area contributed by atoms with E-state index in [2.05, 4.69) is 0 Å². The number of rotatable bonds is 7. The Hall–Kier alpha value is -1.45. The fraction of sp³-hybridized carbons (Fsp3) is 0.625. The monoisotopic (exact) mass is 388 g/mol. The molecule has 2 rings (SSSR count). The van der Waals surface area contributed by atoms with E-state index >= 15 is 0 Å². The van der Waals surface area contributed by atoms with Crippen molar-refractivity contribution in [2.75, 3.05) is 26.2 Å². The maximum absolute atomic E-state index is 12.5. The van der Waals surface area contributed by atoms with Gasteiger partial charge in [0.15, 0.2) is 0 Å². The summed E-state index contributed by atoms with van der Waals surface area (Å²) in [7, 11) is -3.30. The van der Waals surface area contributed by atoms with Crippen LogP contribution in [0.5, 0.6) is 0 Å². The maximum Gasteiger partial charge on any atom is 0.304 e. The molecule has 1 amide bonds. The van der Waals surface area contributed by atoms with Gasteiger partial charge in [0.25, 0.3) is 0 Å². The van der Waals surface area contributed by atoms with Gasteiger partial charge in [-0.05, 0) is 25.3 Å². The molecule has 1 aromatic rings. The van der Waals surface area contributed by atoms with Gasteiger partial charge in [-0.3, -0.25) is 9.59 Å². The summed E-state index contributed by atoms with van der Waals surface area (Å²) in [6.45, 7) is 4.54. The van der Waals surface area contributed by atoms with Gasteiger partial charge in [0.1, 0.15) is 0 Å². The molecule has 1 N–H and O–H groups in total. The van der Waals surface area contributed by atoms with Gasteiger partial charge in [-0.2, -0.15) is 4.31 Å². The smallest absolute Gasteiger partial charge is 0.304 e. The second kappa shape index (κ2) is 8.29. The molecule has 7 nitrogen and oxygen atoms in total. The molecule has 1 aliphatic heterocycles. The fourth-order valence-corrected chi connectivity index (χ4v) is 4.94. The third-order valence-corrected chi connectivity index (χ3v) is 7.65. The Bertz CT molecular complexity index is 692. The summed E-state index contributed by atoms with van der Waals surface area (Å²) in [6.07, 6.45) is 0.0394. The summed E-state index contributed by atoms with van der Waals surface area (Å²) in [5.41, 5.74) is 0. The van der Waals surface area contributed by atoms with Crippen molar-refractivity contribution in [3.63, 3.8) is 0 Å². The van der Waals surface area contributed by atoms with Gasteiger partial charge in [-0.25, -0.2) is 8.42 Å². The molecular formula is C16H24N2O5S2. The minimum absolute atomic E-state index is 0.0893. The Balaban J connectivity index is 1.96. The van der Waals surface area contributed by atoms with Crippen molar-refractivity contribution >= 4 is 33.2 Å². The largest absolute Gasteiger partial charge is 0.481 e. The second-order valence-corrected chi connectivity index (χ2v) is 9.86. The van der Waals surface area contributed by atoms with Crippen LogP contribution in [0.2, 0.25) is 0 Å². The molecule has 0 radical (unpaired) electrons. The summed E-state index contributed by atoms with van der Waals surface area (Å²) in [5.74, 6) is -1.40. The first-order valence-electron chi connectivity index (χ1n) is 8.23. The highest BCUT2D eigenvalue weighted by Crippen LogP contribution is 2.28. The third-order valence-electron chi connectivity index (χ3n) is 4.33. The second-order valence-electron chi connectivity index (χ2n) is 6.39. The predicted octanol–water partition coefficient (Wildman–Crippen LogP) is 1.58. The molecular weight excluding hydrogens is 364 g/mol. The summed E-state index contributed by atoms with van der Waals surface area (Å²) < 4.78 is 25.8. The zero-order valence-corrected chi connectivity index (χ0v) is 16.1. The van der Waals surface area contributed by atoms with E-state index < -0.39 is 21.2 Å². The van der Waals surface area contributed by atoms with Crippen LogP contribution in [0.1, 0.15) is 37.5 Å². The van der Waals surface area contributed by atoms with Crippen molar-refractivity contribution in [2.24, 2.45) is 0 Å². The van der Waals surface area contributed by atoms with E-state index in [4.69, 9.17) is 5.11 Å². The first-order chi connectivity index (χ1) is 11.7. The Kier molecular flexibility index (Phi) is 6.59. The van der Waals surface area contributed by atoms with Gasteiger partial charge in [0.05, 0.1) is 11.7 Å². The lowest BCUT2D eigenvalue weighted by Crippen LogP contribution is -2.52. The van der Waals surface area contributed by atoms with E-state index in [-0.39, 0.29) is 37.8 Å². The number of carboxylic acid groups (broad SMARTS) is 1. The molecule has 0 spiro atoms. The number of carbonyl (C=O) groups excluding carboxylic acids is 1. The number of nitrogens with zero attached hydrogens (tertiary/aromatic N) is 2. The normalized spacial score (nSPS) is 17.6. The topological polar surface area (TPSA) is 95.0 Å². The van der Waals surface area contributed by atoms with Crippen LogP contribution in [0.4, 0.5) is 0 Å². The minimum Gasteiger partial charge on any atom is -0.481 e. The number of carboxylic acids is 1. The van der Waals surface area contributed by atoms with E-state index in [1.54, 1.807) is 18.7 Å². The number of aliphatic carboxylic acids is 1. The number of amides is 1. The summed E-state index contributed by atoms with van der Waals surface area (Å²) >= 11 is 1.45. The summed E-state index contributed by atoms with van der Waals surface area (Å²) in [5, 5.41) is 10.5. The number of carbonyl (C=O) groups is 2. The number of hydrogen-bond donors (Lipinski definition) is 1. The highest BCUT2D eigenvalue weighted by molar-refractivity contribution is 7.89. The molecule has 1 aliphatic rings. The van der Waals surface area contributed by atoms with E-state index in [1.165, 1.54) is 15.6 Å². The van der Waals surface area contributed by atoms with Gasteiger partial charge in [-0.1, -0.05) is 6.07 Å². The van der Waals surface area contributed by atoms with Crippen LogP contribution in [0.15, 0.2) is 17.5 Å². The van der Waals surface area contributed by atoms with Crippen LogP contribution in [-0.2, 0) is 19.6 Å². The predicted molar refractivity (Wildman–Crippen MR) is 96.1 cm³/mol. The van der Waals surface area contributed by atoms with Gasteiger partial charge in [0, 0.05) is 43.4 Å². The molecule has 1 fully saturated rings. The van der Waals surface area contributed by atoms with Crippen LogP contribution >= 0.6 is 11.3 Å². The Labute approximate surface area is 152 Å². The molecule has 2 heterocycles. The van der Waals surface area contributed by atoms with Gasteiger partial charge in [0.2, 0.25) is 15.9 Å². The summed E-state index contributed by atoms with van der Waals surface area (Å²) in [6, 6.07) is 3.69. The Morgan fingerprint density at radius 2 is 1.84 bits per heavy atom. The number of hydrogen-bond acceptors (Lipinski definition) is 5. The fourth-order valence-electron chi connectivity index (χ4n) is 2.84. The van der Waals surface area contributed by atoms with Crippen molar-refractivity contribution in [3.8, 4) is 0 Å². The van der Waals surface area contributed by atoms with Crippen molar-refractivity contribution in [1.82, 2.24) is 9.21 Å². The van der Waals surface area contributed by atoms with Crippen molar-refractivity contribution in [2.45, 2.75) is 37.9 Å². The molecule has 0 aromatic carbocycles. The molecule has 1 aromatic heterocycles. The molecule has 0 saturated carbocycles. The lowest BCUT2D eigenvalue weighted by molar-refractivity contribution is -0.138. The molecule has 0 bridgehead atoms. The standard InChI is InChI=1S/C16H24N2O5S2/c1-12(2)25(22,23)18-7-5-17(6-8-18)15(19)10-13(11-16(20)21)14-4-3-9-24-14/h3-4,9,12-13H,5-8,10-11H2,1-2H3,(H,20,21). The Morgan fingerprint density at radius 3 is 2.32 bits per heavy atom. The van der Waals surface area contributed by atoms with Crippen LogP contribution in [-0.4, -0.2) is 66.0 Å². The van der Waals surface area contributed by atoms with E-state index in [0.717, 1.165) is 4.88 Å². The van der Waals surface area contributed by atoms with E-state index in [0.29, 0.717) is 13.1 Å². The average molecular weight is 389 g/mol. The van der Waals surface area contributed by atoms with Crippen molar-refractivity contribution in [1.29, 1.82) is 0 Å². The highest BCUT2D eigenvalue weighted by Gasteiger charge is 2.31. The van der Waals surface area contributed by atoms with Crippen LogP contribution in [0.25, 0.3) is 0 Å². The number of piperazine rings is 1. The first-order valence-corrected chi connectivity index (χ1v) is 10.6. The molecule has 9 heteroatoms. The van der Waals surface area contributed by atoms with Crippen LogP contribution in [0.3, 0.4) is 0 Å². The van der Waals surface area contributed by atoms with Crippen molar-refractivity contribution in [3.05, 3.63) is 22.4 Å². The van der Waals surface area contributed by atoms with Crippen LogP contribution < -0.4 is 0 Å². The lowest BCUT2D eigenvalue weighted by Gasteiger charge is -2.35. The van der Waals surface area contributed by atoms with Crippen LogP contribution in [0, 0.1) is 0 Å². The molecule has 140 valence electrons. The maximum atomic E-state index is 12.5.